The van der Waals surface area contributed by atoms with Crippen LogP contribution in [0, 0.1) is 17.8 Å². The summed E-state index contributed by atoms with van der Waals surface area (Å²) in [5.74, 6) is 0. The van der Waals surface area contributed by atoms with Crippen LogP contribution in [0.25, 0.3) is 0 Å². The average molecular weight is 405 g/mol. The summed E-state index contributed by atoms with van der Waals surface area (Å²) in [4.78, 5) is 0. The highest BCUT2D eigenvalue weighted by Crippen LogP contribution is 2.15. The maximum Gasteiger partial charge on any atom is 0.0669 e. The summed E-state index contributed by atoms with van der Waals surface area (Å²) in [6, 6.07) is 2.11. The highest BCUT2D eigenvalue weighted by atomic mass is 14.2. The van der Waals surface area contributed by atoms with E-state index in [2.05, 4.69) is 13.0 Å². The summed E-state index contributed by atoms with van der Waals surface area (Å²) in [7, 11) is 0. The van der Waals surface area contributed by atoms with E-state index < -0.39 is 0 Å². The van der Waals surface area contributed by atoms with Crippen LogP contribution in [0.2, 0.25) is 0 Å². The predicted molar refractivity (Wildman–Crippen MR) is 131 cm³/mol. The molecule has 0 amide bonds. The minimum absolute atomic E-state index is 0.982. The van der Waals surface area contributed by atoms with Crippen molar-refractivity contribution in [3.05, 3.63) is 6.42 Å². The van der Waals surface area contributed by atoms with Crippen LogP contribution in [0.4, 0.5) is 0 Å². The molecule has 0 rings (SSSR count). The van der Waals surface area contributed by atoms with Crippen molar-refractivity contribution in [3.8, 4) is 6.07 Å². The van der Waals surface area contributed by atoms with Crippen LogP contribution in [0.1, 0.15) is 167 Å². The SMILES string of the molecule is CCCCCCCCCCCCCCCCCCCCCCCCCC[CH]C#N. The van der Waals surface area contributed by atoms with Crippen molar-refractivity contribution in [2.75, 3.05) is 0 Å². The van der Waals surface area contributed by atoms with Gasteiger partial charge in [-0.25, -0.2) is 0 Å². The van der Waals surface area contributed by atoms with Crippen LogP contribution in [-0.2, 0) is 0 Å². The van der Waals surface area contributed by atoms with E-state index in [4.69, 9.17) is 5.26 Å². The number of unbranched alkanes of at least 4 members (excludes halogenated alkanes) is 25. The number of nitrogens with zero attached hydrogens (tertiary/aromatic N) is 1. The van der Waals surface area contributed by atoms with Crippen molar-refractivity contribution in [1.82, 2.24) is 0 Å². The third-order valence-corrected chi connectivity index (χ3v) is 6.29. The van der Waals surface area contributed by atoms with Crippen molar-refractivity contribution >= 4 is 0 Å². The molecular weight excluding hydrogens is 350 g/mol. The van der Waals surface area contributed by atoms with Crippen molar-refractivity contribution in [2.45, 2.75) is 167 Å². The van der Waals surface area contributed by atoms with Crippen LogP contribution in [0.15, 0.2) is 0 Å². The number of rotatable bonds is 25. The summed E-state index contributed by atoms with van der Waals surface area (Å²) < 4.78 is 0. The summed E-state index contributed by atoms with van der Waals surface area (Å²) >= 11 is 0. The molecule has 0 unspecified atom stereocenters. The molecular formula is C28H54N. The minimum atomic E-state index is 0.982. The minimum Gasteiger partial charge on any atom is -0.198 e. The van der Waals surface area contributed by atoms with Gasteiger partial charge in [-0.2, -0.15) is 5.26 Å². The number of hydrogen-bond acceptors (Lipinski definition) is 1. The van der Waals surface area contributed by atoms with E-state index >= 15 is 0 Å². The second-order valence-electron chi connectivity index (χ2n) is 9.25. The van der Waals surface area contributed by atoms with Gasteiger partial charge in [0.25, 0.3) is 0 Å². The maximum atomic E-state index is 8.44. The standard InChI is InChI=1S/C28H54N/c1-2-3-4-5-6-7-8-9-10-11-12-13-14-15-16-17-18-19-20-21-22-23-24-25-26-27-28-29/h27H,2-26H2,1H3. The van der Waals surface area contributed by atoms with Crippen molar-refractivity contribution in [3.63, 3.8) is 0 Å². The third kappa shape index (κ3) is 27.5. The Morgan fingerprint density at radius 3 is 0.897 bits per heavy atom. The Morgan fingerprint density at radius 1 is 0.414 bits per heavy atom. The summed E-state index contributed by atoms with van der Waals surface area (Å²) in [6.07, 6.45) is 37.1. The lowest BCUT2D eigenvalue weighted by Gasteiger charge is -2.04. The molecule has 171 valence electrons. The van der Waals surface area contributed by atoms with Crippen molar-refractivity contribution in [2.24, 2.45) is 0 Å². The van der Waals surface area contributed by atoms with Gasteiger partial charge in [0.05, 0.1) is 12.5 Å². The molecule has 0 heterocycles. The molecule has 1 heteroatoms. The highest BCUT2D eigenvalue weighted by Gasteiger charge is 1.96. The first-order chi connectivity index (χ1) is 14.4. The Bertz CT molecular complexity index is 317. The molecule has 0 aromatic rings. The Kier molecular flexibility index (Phi) is 27.0. The van der Waals surface area contributed by atoms with Gasteiger partial charge in [0, 0.05) is 0 Å². The maximum absolute atomic E-state index is 8.44. The average Bonchev–Trinajstić information content (AvgIpc) is 2.74. The summed E-state index contributed by atoms with van der Waals surface area (Å²) in [5.41, 5.74) is 0. The molecule has 0 saturated carbocycles. The molecule has 0 aliphatic heterocycles. The second kappa shape index (κ2) is 27.5. The molecule has 0 spiro atoms. The number of hydrogen-bond donors (Lipinski definition) is 0. The molecule has 0 saturated heterocycles. The molecule has 0 atom stereocenters. The van der Waals surface area contributed by atoms with Gasteiger partial charge in [0.1, 0.15) is 0 Å². The van der Waals surface area contributed by atoms with E-state index in [1.165, 1.54) is 154 Å². The van der Waals surface area contributed by atoms with E-state index in [1.807, 2.05) is 0 Å². The Labute approximate surface area is 185 Å². The van der Waals surface area contributed by atoms with E-state index in [0.29, 0.717) is 0 Å². The monoisotopic (exact) mass is 404 g/mol. The first-order valence-electron chi connectivity index (χ1n) is 13.6. The Hall–Kier alpha value is -0.510. The van der Waals surface area contributed by atoms with E-state index in [-0.39, 0.29) is 0 Å². The van der Waals surface area contributed by atoms with Crippen molar-refractivity contribution in [1.29, 1.82) is 5.26 Å². The molecule has 1 nitrogen and oxygen atoms in total. The second-order valence-corrected chi connectivity index (χ2v) is 9.25. The summed E-state index contributed by atoms with van der Waals surface area (Å²) in [5, 5.41) is 8.44. The molecule has 0 aliphatic rings. The normalized spacial score (nSPS) is 11.0. The zero-order chi connectivity index (χ0) is 21.1. The fraction of sp³-hybridized carbons (Fsp3) is 0.929. The quantitative estimate of drug-likeness (QED) is 0.139. The lowest BCUT2D eigenvalue weighted by Crippen LogP contribution is -1.84. The van der Waals surface area contributed by atoms with Gasteiger partial charge in [-0.1, -0.05) is 161 Å². The van der Waals surface area contributed by atoms with Crippen molar-refractivity contribution < 1.29 is 0 Å². The van der Waals surface area contributed by atoms with Crippen LogP contribution in [0.5, 0.6) is 0 Å². The molecule has 29 heavy (non-hydrogen) atoms. The first-order valence-corrected chi connectivity index (χ1v) is 13.6. The molecule has 0 N–H and O–H groups in total. The van der Waals surface area contributed by atoms with Gasteiger partial charge in [0.2, 0.25) is 0 Å². The highest BCUT2D eigenvalue weighted by molar-refractivity contribution is 4.90. The fourth-order valence-corrected chi connectivity index (χ4v) is 4.27. The number of nitriles is 1. The molecule has 0 aromatic heterocycles. The van der Waals surface area contributed by atoms with Gasteiger partial charge in [-0.3, -0.25) is 0 Å². The zero-order valence-electron chi connectivity index (χ0n) is 20.2. The van der Waals surface area contributed by atoms with Gasteiger partial charge >= 0.3 is 0 Å². The molecule has 0 aliphatic carbocycles. The van der Waals surface area contributed by atoms with Crippen LogP contribution in [-0.4, -0.2) is 0 Å². The van der Waals surface area contributed by atoms with Gasteiger partial charge < -0.3 is 0 Å². The molecule has 0 fully saturated rings. The Balaban J connectivity index is 2.98. The van der Waals surface area contributed by atoms with Gasteiger partial charge in [-0.05, 0) is 6.42 Å². The molecule has 0 bridgehead atoms. The molecule has 0 aromatic carbocycles. The van der Waals surface area contributed by atoms with E-state index in [9.17, 15) is 0 Å². The molecule has 1 radical (unpaired) electrons. The van der Waals surface area contributed by atoms with Crippen LogP contribution >= 0.6 is 0 Å². The van der Waals surface area contributed by atoms with E-state index in [0.717, 1.165) is 6.42 Å². The lowest BCUT2D eigenvalue weighted by atomic mass is 10.0. The topological polar surface area (TPSA) is 23.8 Å². The van der Waals surface area contributed by atoms with Gasteiger partial charge in [-0.15, -0.1) is 0 Å². The summed E-state index contributed by atoms with van der Waals surface area (Å²) in [6.45, 7) is 2.30. The Morgan fingerprint density at radius 2 is 0.655 bits per heavy atom. The van der Waals surface area contributed by atoms with Crippen LogP contribution in [0.3, 0.4) is 0 Å². The van der Waals surface area contributed by atoms with E-state index in [1.54, 1.807) is 6.42 Å². The van der Waals surface area contributed by atoms with Gasteiger partial charge in [0.15, 0.2) is 0 Å². The predicted octanol–water partition coefficient (Wildman–Crippen LogP) is 10.5. The third-order valence-electron chi connectivity index (χ3n) is 6.29. The van der Waals surface area contributed by atoms with Crippen LogP contribution < -0.4 is 0 Å². The largest absolute Gasteiger partial charge is 0.198 e. The lowest BCUT2D eigenvalue weighted by molar-refractivity contribution is 0.517. The zero-order valence-corrected chi connectivity index (χ0v) is 20.2. The fourth-order valence-electron chi connectivity index (χ4n) is 4.27. The smallest absolute Gasteiger partial charge is 0.0669 e. The first kappa shape index (κ1) is 28.5.